The lowest BCUT2D eigenvalue weighted by Gasteiger charge is -2.71. The molecule has 5 aliphatic carbocycles. The molecular formula is C56H88O26. The number of aliphatic hydroxyl groups excluding tert-OH is 13. The van der Waals surface area contributed by atoms with Crippen LogP contribution in [0.2, 0.25) is 0 Å². The maximum absolute atomic E-state index is 15.6. The summed E-state index contributed by atoms with van der Waals surface area (Å²) in [5.74, 6) is -3.12. The Hall–Kier alpha value is -2.65. The minimum atomic E-state index is -2.09. The number of hydrogen-bond donors (Lipinski definition) is 14. The summed E-state index contributed by atoms with van der Waals surface area (Å²) in [7, 11) is 0. The van der Waals surface area contributed by atoms with Crippen LogP contribution in [-0.2, 0) is 57.0 Å². The number of carbonyl (C=O) groups excluding carboxylic acids is 2. The van der Waals surface area contributed by atoms with E-state index in [9.17, 15) is 81.1 Å². The fraction of sp³-hybridized carbons (Fsp3) is 0.911. The molecular weight excluding hydrogens is 1090 g/mol. The number of aliphatic hydroxyl groups is 13. The Morgan fingerprint density at radius 3 is 1.73 bits per heavy atom. The normalized spacial score (nSPS) is 51.9. The van der Waals surface area contributed by atoms with Gasteiger partial charge in [-0.25, -0.2) is 0 Å². The third-order valence-corrected chi connectivity index (χ3v) is 21.8. The first-order chi connectivity index (χ1) is 38.3. The third kappa shape index (κ3) is 10.6. The molecule has 4 saturated carbocycles. The predicted octanol–water partition coefficient (Wildman–Crippen LogP) is -2.40. The predicted molar refractivity (Wildman–Crippen MR) is 274 cm³/mol. The van der Waals surface area contributed by atoms with Crippen molar-refractivity contribution >= 4 is 17.9 Å². The van der Waals surface area contributed by atoms with Crippen LogP contribution in [-0.4, -0.2) is 245 Å². The van der Waals surface area contributed by atoms with Crippen molar-refractivity contribution in [3.8, 4) is 0 Å². The van der Waals surface area contributed by atoms with Crippen molar-refractivity contribution in [2.24, 2.45) is 50.2 Å². The van der Waals surface area contributed by atoms with Gasteiger partial charge in [-0.15, -0.1) is 0 Å². The topological polar surface area (TPSA) is 418 Å². The highest BCUT2D eigenvalue weighted by atomic mass is 16.8. The summed E-state index contributed by atoms with van der Waals surface area (Å²) in [5.41, 5.74) is -2.89. The second kappa shape index (κ2) is 23.5. The number of rotatable bonds is 14. The lowest BCUT2D eigenvalue weighted by Crippen LogP contribution is -2.67. The number of aliphatic carboxylic acids is 1. The van der Waals surface area contributed by atoms with Crippen LogP contribution >= 0.6 is 0 Å². The molecule has 0 aromatic carbocycles. The summed E-state index contributed by atoms with van der Waals surface area (Å²) in [5, 5.41) is 153. The summed E-state index contributed by atoms with van der Waals surface area (Å²) < 4.78 is 52.5. The zero-order valence-electron chi connectivity index (χ0n) is 47.5. The van der Waals surface area contributed by atoms with E-state index >= 15 is 4.79 Å². The van der Waals surface area contributed by atoms with E-state index in [0.29, 0.717) is 64.2 Å². The van der Waals surface area contributed by atoms with Gasteiger partial charge in [0.05, 0.1) is 36.8 Å². The van der Waals surface area contributed by atoms with Gasteiger partial charge in [-0.2, -0.15) is 0 Å². The zero-order valence-corrected chi connectivity index (χ0v) is 47.5. The lowest BCUT2D eigenvalue weighted by atomic mass is 9.33. The largest absolute Gasteiger partial charge is 0.481 e. The van der Waals surface area contributed by atoms with E-state index in [0.717, 1.165) is 12.5 Å². The molecule has 9 rings (SSSR count). The first-order valence-corrected chi connectivity index (χ1v) is 28.9. The number of hydrogen-bond acceptors (Lipinski definition) is 25. The van der Waals surface area contributed by atoms with Gasteiger partial charge in [-0.05, 0) is 111 Å². The molecule has 26 heteroatoms. The molecule has 0 spiro atoms. The van der Waals surface area contributed by atoms with E-state index in [1.54, 1.807) is 6.92 Å². The van der Waals surface area contributed by atoms with Crippen molar-refractivity contribution in [2.75, 3.05) is 26.4 Å². The number of carboxylic acids is 1. The van der Waals surface area contributed by atoms with Gasteiger partial charge in [0.2, 0.25) is 6.29 Å². The molecule has 0 amide bonds. The molecule has 0 unspecified atom stereocenters. The maximum Gasteiger partial charge on any atom is 0.315 e. The number of ether oxygens (including phenoxy) is 9. The number of carbonyl (C=O) groups is 3. The Bertz CT molecular complexity index is 2340. The second-order valence-corrected chi connectivity index (χ2v) is 26.7. The monoisotopic (exact) mass is 1180 g/mol. The van der Waals surface area contributed by atoms with E-state index in [1.807, 2.05) is 0 Å². The van der Waals surface area contributed by atoms with Crippen LogP contribution < -0.4 is 0 Å². The van der Waals surface area contributed by atoms with Gasteiger partial charge in [0.25, 0.3) is 0 Å². The van der Waals surface area contributed by atoms with Crippen LogP contribution in [0.25, 0.3) is 0 Å². The van der Waals surface area contributed by atoms with Gasteiger partial charge in [0.15, 0.2) is 18.9 Å². The van der Waals surface area contributed by atoms with Crippen molar-refractivity contribution in [1.29, 1.82) is 0 Å². The van der Waals surface area contributed by atoms with Crippen LogP contribution in [0.5, 0.6) is 0 Å². The number of esters is 2. The minimum absolute atomic E-state index is 0.0515. The van der Waals surface area contributed by atoms with Crippen molar-refractivity contribution in [3.05, 3.63) is 11.6 Å². The fourth-order valence-corrected chi connectivity index (χ4v) is 16.5. The van der Waals surface area contributed by atoms with E-state index in [2.05, 4.69) is 40.7 Å². The molecule has 0 aromatic heterocycles. The number of carboxylic acid groups (broad SMARTS) is 1. The van der Waals surface area contributed by atoms with Gasteiger partial charge in [-0.1, -0.05) is 46.3 Å². The summed E-state index contributed by atoms with van der Waals surface area (Å²) in [6.07, 6.45) is -30.8. The highest BCUT2D eigenvalue weighted by molar-refractivity contribution is 5.79. The molecule has 14 N–H and O–H groups in total. The van der Waals surface area contributed by atoms with E-state index in [1.165, 1.54) is 0 Å². The Morgan fingerprint density at radius 1 is 0.573 bits per heavy atom. The molecule has 29 atom stereocenters. The summed E-state index contributed by atoms with van der Waals surface area (Å²) in [4.78, 5) is 40.1. The molecule has 4 heterocycles. The molecule has 468 valence electrons. The zero-order chi connectivity index (χ0) is 60.1. The molecule has 0 aromatic rings. The van der Waals surface area contributed by atoms with Crippen molar-refractivity contribution in [2.45, 2.75) is 242 Å². The van der Waals surface area contributed by atoms with E-state index in [-0.39, 0.29) is 28.6 Å². The molecule has 8 fully saturated rings. The van der Waals surface area contributed by atoms with Crippen LogP contribution in [0, 0.1) is 50.2 Å². The van der Waals surface area contributed by atoms with Crippen molar-refractivity contribution in [1.82, 2.24) is 0 Å². The Balaban J connectivity index is 1.01. The second-order valence-electron chi connectivity index (χ2n) is 26.7. The maximum atomic E-state index is 15.6. The number of allylic oxidation sites excluding steroid dienone is 2. The first kappa shape index (κ1) is 63.8. The summed E-state index contributed by atoms with van der Waals surface area (Å²) in [6.45, 7) is 10.6. The first-order valence-electron chi connectivity index (χ1n) is 28.9. The molecule has 0 bridgehead atoms. The van der Waals surface area contributed by atoms with Crippen LogP contribution in [0.1, 0.15) is 113 Å². The third-order valence-electron chi connectivity index (χ3n) is 21.8. The molecule has 9 aliphatic rings. The van der Waals surface area contributed by atoms with E-state index in [4.69, 9.17) is 42.6 Å². The van der Waals surface area contributed by atoms with Crippen LogP contribution in [0.4, 0.5) is 0 Å². The molecule has 82 heavy (non-hydrogen) atoms. The molecule has 4 aliphatic heterocycles. The van der Waals surface area contributed by atoms with Crippen molar-refractivity contribution < 1.29 is 129 Å². The van der Waals surface area contributed by atoms with Gasteiger partial charge < -0.3 is 114 Å². The van der Waals surface area contributed by atoms with Gasteiger partial charge in [0, 0.05) is 6.92 Å². The van der Waals surface area contributed by atoms with Crippen molar-refractivity contribution in [3.63, 3.8) is 0 Å². The summed E-state index contributed by atoms with van der Waals surface area (Å²) in [6, 6.07) is 0. The highest BCUT2D eigenvalue weighted by Crippen LogP contribution is 2.76. The van der Waals surface area contributed by atoms with E-state index < -0.39 is 195 Å². The highest BCUT2D eigenvalue weighted by Gasteiger charge is 2.71. The smallest absolute Gasteiger partial charge is 0.315 e. The average molecular weight is 1180 g/mol. The number of fused-ring (bicyclic) bond motifs is 7. The van der Waals surface area contributed by atoms with Gasteiger partial charge in [0.1, 0.15) is 104 Å². The fourth-order valence-electron chi connectivity index (χ4n) is 16.5. The molecule has 4 saturated heterocycles. The molecule has 0 radical (unpaired) electrons. The lowest BCUT2D eigenvalue weighted by molar-refractivity contribution is -0.377. The Labute approximate surface area is 475 Å². The van der Waals surface area contributed by atoms with Gasteiger partial charge in [-0.3, -0.25) is 14.4 Å². The quantitative estimate of drug-likeness (QED) is 0.0637. The SMILES string of the molecule is CC(=O)OC[C@H]1O[C@H](O[C@@H]2[C@H](OC[C@H]3O[C@@H](OC(=O)[C@]45CCC(C)(C)C[C@H]4C4=CC[C@H]6[C@@]7(C)CC[C@H](O)[C@@](C)(C(=O)O)[C@@H]7CC[C@@]6(C)[C@]4(C)CC5)[C@H](O)[C@@H](O[C@@H]4O[C@@H](CO)[C@@H](O)[C@H](O)[C@H]4O)[C@@H]3O)O[C@H](CO)[C@@H](O)[C@@H]2O)[C@@H](O)[C@H](O)[C@H]1O. The standard InChI is InChI=1S/C56H88O26/c1-23(59)74-21-28-35(63)38(66)41(69)46(78-28)81-44-39(67)34(62)27(20-58)77-48(44)75-22-29-36(64)43(80-45-40(68)37(65)33(61)26(19-57)76-45)42(70)47(79-29)82-50(73)56-16-14-51(2,3)18-25(56)24-8-9-30-52(4)12-11-32(60)55(7,49(71)72)31(52)10-13-54(30,6)53(24,5)15-17-56/h8,25-48,57-58,60-70H,9-22H2,1-7H3,(H,71,72)/t25-,26-,27+,28+,29+,30-,31+,32-,33+,34+,35-,36+,37-,38+,39-,40+,41-,42+,43-,44-,45-,46+,47-,48+,52+,53+,54+,55-,56-/m0/s1. The summed E-state index contributed by atoms with van der Waals surface area (Å²) >= 11 is 0. The Morgan fingerprint density at radius 2 is 1.12 bits per heavy atom. The van der Waals surface area contributed by atoms with Gasteiger partial charge >= 0.3 is 17.9 Å². The Kier molecular flexibility index (Phi) is 18.3. The van der Waals surface area contributed by atoms with Crippen LogP contribution in [0.15, 0.2) is 11.6 Å². The average Bonchev–Trinajstić information content (AvgIpc) is 0.806. The molecule has 26 nitrogen and oxygen atoms in total. The van der Waals surface area contributed by atoms with Crippen LogP contribution in [0.3, 0.4) is 0 Å². The minimum Gasteiger partial charge on any atom is -0.481 e.